The van der Waals surface area contributed by atoms with E-state index in [4.69, 9.17) is 0 Å². The van der Waals surface area contributed by atoms with E-state index in [1.54, 1.807) is 0 Å². The first-order chi connectivity index (χ1) is 9.80. The van der Waals surface area contributed by atoms with Gasteiger partial charge in [-0.3, -0.25) is 0 Å². The fourth-order valence-corrected chi connectivity index (χ4v) is 5.33. The van der Waals surface area contributed by atoms with Gasteiger partial charge in [0.05, 0.1) is 0 Å². The third-order valence-electron chi connectivity index (χ3n) is 4.27. The lowest BCUT2D eigenvalue weighted by Crippen LogP contribution is -2.31. The molecule has 0 amide bonds. The van der Waals surface area contributed by atoms with Crippen LogP contribution < -0.4 is 10.0 Å². The Balaban J connectivity index is 2.13. The van der Waals surface area contributed by atoms with Gasteiger partial charge in [0.1, 0.15) is 4.90 Å². The molecule has 1 aromatic heterocycles. The van der Waals surface area contributed by atoms with Crippen molar-refractivity contribution in [1.82, 2.24) is 10.0 Å². The Morgan fingerprint density at radius 2 is 2.05 bits per heavy atom. The first-order valence-electron chi connectivity index (χ1n) is 7.60. The molecule has 2 rings (SSSR count). The molecule has 0 bridgehead atoms. The number of aryl methyl sites for hydroxylation is 1. The summed E-state index contributed by atoms with van der Waals surface area (Å²) in [6, 6.07) is 0.339. The Hall–Kier alpha value is -0.430. The highest BCUT2D eigenvalue weighted by atomic mass is 32.2. The number of hydrogen-bond acceptors (Lipinski definition) is 4. The van der Waals surface area contributed by atoms with E-state index in [2.05, 4.69) is 30.8 Å². The lowest BCUT2D eigenvalue weighted by Gasteiger charge is -2.15. The van der Waals surface area contributed by atoms with Crippen molar-refractivity contribution in [3.8, 4) is 0 Å². The summed E-state index contributed by atoms with van der Waals surface area (Å²) in [5.41, 5.74) is 1.06. The molecule has 1 heterocycles. The van der Waals surface area contributed by atoms with E-state index in [-0.39, 0.29) is 5.41 Å². The highest BCUT2D eigenvalue weighted by Crippen LogP contribution is 2.48. The first kappa shape index (κ1) is 16.9. The molecule has 1 aromatic rings. The van der Waals surface area contributed by atoms with Crippen molar-refractivity contribution >= 4 is 21.4 Å². The third kappa shape index (κ3) is 4.06. The lowest BCUT2D eigenvalue weighted by atomic mass is 10.1. The maximum Gasteiger partial charge on any atom is 0.242 e. The Kier molecular flexibility index (Phi) is 5.13. The number of thiophene rings is 1. The van der Waals surface area contributed by atoms with Gasteiger partial charge in [-0.25, -0.2) is 13.1 Å². The van der Waals surface area contributed by atoms with Gasteiger partial charge in [-0.1, -0.05) is 20.8 Å². The van der Waals surface area contributed by atoms with Crippen molar-refractivity contribution in [2.45, 2.75) is 64.4 Å². The van der Waals surface area contributed by atoms with E-state index in [0.29, 0.717) is 24.0 Å². The molecule has 1 aliphatic carbocycles. The van der Waals surface area contributed by atoms with Crippen LogP contribution in [0.1, 0.15) is 50.5 Å². The third-order valence-corrected chi connectivity index (χ3v) is 7.14. The molecule has 4 nitrogen and oxygen atoms in total. The highest BCUT2D eigenvalue weighted by molar-refractivity contribution is 7.89. The highest BCUT2D eigenvalue weighted by Gasteiger charge is 2.41. The molecule has 1 saturated carbocycles. The Morgan fingerprint density at radius 1 is 1.38 bits per heavy atom. The largest absolute Gasteiger partial charge is 0.310 e. The van der Waals surface area contributed by atoms with Crippen LogP contribution in [0.15, 0.2) is 10.3 Å². The van der Waals surface area contributed by atoms with E-state index in [9.17, 15) is 8.42 Å². The summed E-state index contributed by atoms with van der Waals surface area (Å²) in [6.07, 6.45) is 3.31. The van der Waals surface area contributed by atoms with Gasteiger partial charge in [0.25, 0.3) is 0 Å². The Morgan fingerprint density at radius 3 is 2.57 bits per heavy atom. The minimum atomic E-state index is -3.41. The van der Waals surface area contributed by atoms with Crippen LogP contribution in [0.3, 0.4) is 0 Å². The van der Waals surface area contributed by atoms with Crippen molar-refractivity contribution in [3.05, 3.63) is 15.8 Å². The van der Waals surface area contributed by atoms with Crippen LogP contribution in [-0.4, -0.2) is 21.0 Å². The smallest absolute Gasteiger partial charge is 0.242 e. The van der Waals surface area contributed by atoms with Crippen LogP contribution in [0.5, 0.6) is 0 Å². The summed E-state index contributed by atoms with van der Waals surface area (Å²) in [6.45, 7) is 9.30. The Bertz CT molecular complexity index is 587. The van der Waals surface area contributed by atoms with Crippen LogP contribution in [0.25, 0.3) is 0 Å². The van der Waals surface area contributed by atoms with E-state index in [0.717, 1.165) is 29.7 Å². The molecular formula is C15H26N2O2S2. The zero-order valence-corrected chi connectivity index (χ0v) is 15.0. The molecule has 120 valence electrons. The summed E-state index contributed by atoms with van der Waals surface area (Å²) in [5.74, 6) is 0. The standard InChI is InChI=1S/C15H26N2O2S2/c1-5-15(6-7-15)10-17-21(18,19)14-12(4)9-20-13(14)8-16-11(2)3/h9,11,16-17H,5-8,10H2,1-4H3. The van der Waals surface area contributed by atoms with Gasteiger partial charge in [-0.15, -0.1) is 11.3 Å². The molecule has 0 aromatic carbocycles. The van der Waals surface area contributed by atoms with Crippen LogP contribution in [-0.2, 0) is 16.6 Å². The minimum Gasteiger partial charge on any atom is -0.310 e. The van der Waals surface area contributed by atoms with Crippen LogP contribution in [0.4, 0.5) is 0 Å². The molecule has 6 heteroatoms. The second-order valence-electron chi connectivity index (χ2n) is 6.38. The van der Waals surface area contributed by atoms with E-state index in [1.807, 2.05) is 12.3 Å². The molecule has 21 heavy (non-hydrogen) atoms. The molecule has 0 radical (unpaired) electrons. The second-order valence-corrected chi connectivity index (χ2v) is 9.05. The van der Waals surface area contributed by atoms with Gasteiger partial charge in [0.15, 0.2) is 0 Å². The summed E-state index contributed by atoms with van der Waals surface area (Å²) in [7, 11) is -3.41. The fraction of sp³-hybridized carbons (Fsp3) is 0.733. The van der Waals surface area contributed by atoms with Gasteiger partial charge in [-0.2, -0.15) is 0 Å². The summed E-state index contributed by atoms with van der Waals surface area (Å²) < 4.78 is 28.1. The number of nitrogens with one attached hydrogen (secondary N) is 2. The molecular weight excluding hydrogens is 304 g/mol. The fourth-order valence-electron chi connectivity index (χ4n) is 2.42. The van der Waals surface area contributed by atoms with Crippen LogP contribution in [0.2, 0.25) is 0 Å². The van der Waals surface area contributed by atoms with E-state index >= 15 is 0 Å². The lowest BCUT2D eigenvalue weighted by molar-refractivity contribution is 0.475. The predicted molar refractivity (Wildman–Crippen MR) is 88.2 cm³/mol. The van der Waals surface area contributed by atoms with Crippen molar-refractivity contribution in [1.29, 1.82) is 0 Å². The van der Waals surface area contributed by atoms with Crippen LogP contribution >= 0.6 is 11.3 Å². The molecule has 1 aliphatic rings. The number of sulfonamides is 1. The van der Waals surface area contributed by atoms with Gasteiger partial charge < -0.3 is 5.32 Å². The summed E-state index contributed by atoms with van der Waals surface area (Å²) in [4.78, 5) is 1.38. The average molecular weight is 331 g/mol. The monoisotopic (exact) mass is 330 g/mol. The van der Waals surface area contributed by atoms with Gasteiger partial charge in [-0.05, 0) is 42.5 Å². The van der Waals surface area contributed by atoms with Crippen molar-refractivity contribution < 1.29 is 8.42 Å². The SMILES string of the molecule is CCC1(CNS(=O)(=O)c2c(C)csc2CNC(C)C)CC1. The van der Waals surface area contributed by atoms with E-state index in [1.165, 1.54) is 11.3 Å². The predicted octanol–water partition coefficient (Wildman–Crippen LogP) is 3.02. The zero-order chi connectivity index (χ0) is 15.7. The quantitative estimate of drug-likeness (QED) is 0.770. The second kappa shape index (κ2) is 6.36. The summed E-state index contributed by atoms with van der Waals surface area (Å²) >= 11 is 1.52. The molecule has 0 atom stereocenters. The van der Waals surface area contributed by atoms with E-state index < -0.39 is 10.0 Å². The van der Waals surface area contributed by atoms with Gasteiger partial charge in [0, 0.05) is 24.0 Å². The molecule has 0 aliphatic heterocycles. The average Bonchev–Trinajstić information content (AvgIpc) is 3.11. The van der Waals surface area contributed by atoms with Crippen LogP contribution in [0, 0.1) is 12.3 Å². The van der Waals surface area contributed by atoms with Crippen molar-refractivity contribution in [2.24, 2.45) is 5.41 Å². The number of rotatable bonds is 8. The maximum absolute atomic E-state index is 12.6. The zero-order valence-electron chi connectivity index (χ0n) is 13.3. The topological polar surface area (TPSA) is 58.2 Å². The number of hydrogen-bond donors (Lipinski definition) is 2. The maximum atomic E-state index is 12.6. The van der Waals surface area contributed by atoms with Gasteiger partial charge >= 0.3 is 0 Å². The normalized spacial score (nSPS) is 17.4. The van der Waals surface area contributed by atoms with Crippen molar-refractivity contribution in [2.75, 3.05) is 6.54 Å². The minimum absolute atomic E-state index is 0.216. The van der Waals surface area contributed by atoms with Crippen molar-refractivity contribution in [3.63, 3.8) is 0 Å². The van der Waals surface area contributed by atoms with Gasteiger partial charge in [0.2, 0.25) is 10.0 Å². The first-order valence-corrected chi connectivity index (χ1v) is 9.96. The Labute approximate surface area is 132 Å². The molecule has 2 N–H and O–H groups in total. The molecule has 1 fully saturated rings. The molecule has 0 unspecified atom stereocenters. The molecule has 0 spiro atoms. The summed E-state index contributed by atoms with van der Waals surface area (Å²) in [5, 5.41) is 5.23. The molecule has 0 saturated heterocycles.